The molecule has 1 aliphatic rings. The number of rotatable bonds is 0. The van der Waals surface area contributed by atoms with E-state index in [9.17, 15) is 0 Å². The minimum absolute atomic E-state index is 0.141. The minimum atomic E-state index is -0.303. The quantitative estimate of drug-likeness (QED) is 0.512. The lowest BCUT2D eigenvalue weighted by Gasteiger charge is -1.89. The maximum atomic E-state index is 8.89. The Balaban J connectivity index is 3.01. The average molecular weight is 125 g/mol. The molecule has 0 radical (unpaired) electrons. The highest BCUT2D eigenvalue weighted by molar-refractivity contribution is 5.87. The van der Waals surface area contributed by atoms with Crippen molar-refractivity contribution < 1.29 is 10.2 Å². The Labute approximate surface area is 52.7 Å². The molecule has 0 spiro atoms. The van der Waals surface area contributed by atoms with Crippen molar-refractivity contribution in [3.63, 3.8) is 0 Å². The summed E-state index contributed by atoms with van der Waals surface area (Å²) in [7, 11) is 0. The van der Waals surface area contributed by atoms with Crippen LogP contribution in [0.25, 0.3) is 0 Å². The third-order valence-electron chi connectivity index (χ3n) is 1.12. The monoisotopic (exact) mass is 125 g/mol. The number of hydrogen-bond acceptors (Lipinski definition) is 3. The highest BCUT2D eigenvalue weighted by atomic mass is 16.3. The molecule has 0 saturated carbocycles. The van der Waals surface area contributed by atoms with Crippen LogP contribution in [0.5, 0.6) is 0 Å². The molecule has 0 bridgehead atoms. The summed E-state index contributed by atoms with van der Waals surface area (Å²) < 4.78 is 0. The van der Waals surface area contributed by atoms with Gasteiger partial charge in [-0.2, -0.15) is 0 Å². The Bertz CT molecular complexity index is 213. The molecule has 0 fully saturated rings. The summed E-state index contributed by atoms with van der Waals surface area (Å²) in [6.07, 6.45) is 3.08. The van der Waals surface area contributed by atoms with Gasteiger partial charge in [-0.3, -0.25) is 0 Å². The number of allylic oxidation sites excluding steroid dienone is 2. The molecular formula is C6H7NO2. The molecule has 3 heteroatoms. The van der Waals surface area contributed by atoms with Crippen LogP contribution < -0.4 is 0 Å². The Hall–Kier alpha value is -1.25. The van der Waals surface area contributed by atoms with Crippen LogP contribution in [-0.2, 0) is 0 Å². The van der Waals surface area contributed by atoms with Crippen LogP contribution >= 0.6 is 0 Å². The third kappa shape index (κ3) is 0.806. The van der Waals surface area contributed by atoms with Gasteiger partial charge in [-0.25, -0.2) is 4.99 Å². The van der Waals surface area contributed by atoms with E-state index >= 15 is 0 Å². The SMILES string of the molecule is CC=C1C=NC(O)=C1O. The van der Waals surface area contributed by atoms with Gasteiger partial charge in [0, 0.05) is 11.8 Å². The van der Waals surface area contributed by atoms with Gasteiger partial charge in [0.2, 0.25) is 0 Å². The summed E-state index contributed by atoms with van der Waals surface area (Å²) in [6.45, 7) is 1.76. The van der Waals surface area contributed by atoms with Crippen LogP contribution in [-0.4, -0.2) is 16.4 Å². The van der Waals surface area contributed by atoms with Crippen LogP contribution in [0, 0.1) is 0 Å². The minimum Gasteiger partial charge on any atom is -0.503 e. The lowest BCUT2D eigenvalue weighted by Crippen LogP contribution is -1.84. The van der Waals surface area contributed by atoms with Crippen LogP contribution in [0.2, 0.25) is 0 Å². The lowest BCUT2D eigenvalue weighted by atomic mass is 10.2. The van der Waals surface area contributed by atoms with E-state index in [2.05, 4.69) is 4.99 Å². The molecule has 1 aliphatic heterocycles. The molecule has 1 rings (SSSR count). The lowest BCUT2D eigenvalue weighted by molar-refractivity contribution is 0.338. The van der Waals surface area contributed by atoms with Gasteiger partial charge in [0.15, 0.2) is 5.76 Å². The number of aliphatic imine (C=N–C) groups is 1. The van der Waals surface area contributed by atoms with Gasteiger partial charge in [0.1, 0.15) is 0 Å². The van der Waals surface area contributed by atoms with Crippen molar-refractivity contribution in [2.45, 2.75) is 6.92 Å². The first-order valence-corrected chi connectivity index (χ1v) is 2.58. The van der Waals surface area contributed by atoms with E-state index in [1.165, 1.54) is 6.21 Å². The first kappa shape index (κ1) is 5.88. The summed E-state index contributed by atoms with van der Waals surface area (Å²) >= 11 is 0. The Morgan fingerprint density at radius 1 is 1.56 bits per heavy atom. The fraction of sp³-hybridized carbons (Fsp3) is 0.167. The van der Waals surface area contributed by atoms with E-state index in [-0.39, 0.29) is 11.6 Å². The van der Waals surface area contributed by atoms with E-state index in [1.807, 2.05) is 0 Å². The van der Waals surface area contributed by atoms with Gasteiger partial charge in [-0.05, 0) is 6.92 Å². The Kier molecular flexibility index (Phi) is 1.26. The van der Waals surface area contributed by atoms with Crippen molar-refractivity contribution >= 4 is 6.21 Å². The van der Waals surface area contributed by atoms with Crippen LogP contribution in [0.15, 0.2) is 28.3 Å². The zero-order valence-corrected chi connectivity index (χ0v) is 5.00. The number of nitrogens with zero attached hydrogens (tertiary/aromatic N) is 1. The van der Waals surface area contributed by atoms with E-state index in [4.69, 9.17) is 10.2 Å². The van der Waals surface area contributed by atoms with Crippen molar-refractivity contribution in [2.75, 3.05) is 0 Å². The van der Waals surface area contributed by atoms with Gasteiger partial charge in [0.25, 0.3) is 5.88 Å². The molecule has 48 valence electrons. The highest BCUT2D eigenvalue weighted by Crippen LogP contribution is 2.15. The zero-order valence-electron chi connectivity index (χ0n) is 5.00. The van der Waals surface area contributed by atoms with Crippen molar-refractivity contribution in [3.05, 3.63) is 23.3 Å². The molecule has 0 aromatic heterocycles. The molecule has 3 nitrogen and oxygen atoms in total. The smallest absolute Gasteiger partial charge is 0.254 e. The van der Waals surface area contributed by atoms with Gasteiger partial charge >= 0.3 is 0 Å². The summed E-state index contributed by atoms with van der Waals surface area (Å²) in [4.78, 5) is 3.46. The largest absolute Gasteiger partial charge is 0.503 e. The van der Waals surface area contributed by atoms with Crippen molar-refractivity contribution in [3.8, 4) is 0 Å². The second-order valence-corrected chi connectivity index (χ2v) is 1.67. The van der Waals surface area contributed by atoms with Crippen molar-refractivity contribution in [1.29, 1.82) is 0 Å². The van der Waals surface area contributed by atoms with E-state index < -0.39 is 0 Å². The molecule has 0 unspecified atom stereocenters. The molecule has 0 saturated heterocycles. The Morgan fingerprint density at radius 2 is 2.22 bits per heavy atom. The zero-order chi connectivity index (χ0) is 6.85. The van der Waals surface area contributed by atoms with Crippen molar-refractivity contribution in [2.24, 2.45) is 4.99 Å². The molecule has 2 N–H and O–H groups in total. The van der Waals surface area contributed by atoms with E-state index in [1.54, 1.807) is 13.0 Å². The maximum Gasteiger partial charge on any atom is 0.254 e. The second-order valence-electron chi connectivity index (χ2n) is 1.67. The molecular weight excluding hydrogens is 118 g/mol. The van der Waals surface area contributed by atoms with Crippen molar-refractivity contribution in [1.82, 2.24) is 0 Å². The number of hydrogen-bond donors (Lipinski definition) is 2. The van der Waals surface area contributed by atoms with Crippen LogP contribution in [0.4, 0.5) is 0 Å². The molecule has 0 aliphatic carbocycles. The fourth-order valence-electron chi connectivity index (χ4n) is 0.593. The maximum absolute atomic E-state index is 8.89. The molecule has 0 aromatic rings. The van der Waals surface area contributed by atoms with E-state index in [0.29, 0.717) is 5.57 Å². The normalized spacial score (nSPS) is 22.1. The molecule has 1 heterocycles. The topological polar surface area (TPSA) is 52.8 Å². The first-order chi connectivity index (χ1) is 4.25. The highest BCUT2D eigenvalue weighted by Gasteiger charge is 2.11. The molecule has 9 heavy (non-hydrogen) atoms. The third-order valence-corrected chi connectivity index (χ3v) is 1.12. The molecule has 0 atom stereocenters. The molecule has 0 amide bonds. The predicted molar refractivity (Wildman–Crippen MR) is 34.5 cm³/mol. The summed E-state index contributed by atoms with van der Waals surface area (Å²) in [5.74, 6) is -0.444. The summed E-state index contributed by atoms with van der Waals surface area (Å²) in [5, 5.41) is 17.6. The van der Waals surface area contributed by atoms with Gasteiger partial charge in [-0.1, -0.05) is 6.08 Å². The standard InChI is InChI=1S/C6H7NO2/c1-2-4-3-7-6(9)5(4)8/h2-3,8-9H,1H3. The number of aliphatic hydroxyl groups excluding tert-OH is 2. The first-order valence-electron chi connectivity index (χ1n) is 2.58. The van der Waals surface area contributed by atoms with Gasteiger partial charge in [-0.15, -0.1) is 0 Å². The summed E-state index contributed by atoms with van der Waals surface area (Å²) in [5.41, 5.74) is 0.563. The summed E-state index contributed by atoms with van der Waals surface area (Å²) in [6, 6.07) is 0. The predicted octanol–water partition coefficient (Wildman–Crippen LogP) is 1.30. The Morgan fingerprint density at radius 3 is 2.44 bits per heavy atom. The average Bonchev–Trinajstić information content (AvgIpc) is 2.15. The van der Waals surface area contributed by atoms with Crippen LogP contribution in [0.1, 0.15) is 6.92 Å². The van der Waals surface area contributed by atoms with Gasteiger partial charge < -0.3 is 10.2 Å². The van der Waals surface area contributed by atoms with Crippen LogP contribution in [0.3, 0.4) is 0 Å². The van der Waals surface area contributed by atoms with E-state index in [0.717, 1.165) is 0 Å². The van der Waals surface area contributed by atoms with Gasteiger partial charge in [0.05, 0.1) is 0 Å². The number of aliphatic hydroxyl groups is 2. The fourth-order valence-corrected chi connectivity index (χ4v) is 0.593. The second kappa shape index (κ2) is 1.93. The molecule has 0 aromatic carbocycles.